The van der Waals surface area contributed by atoms with E-state index in [9.17, 15) is 4.79 Å². The summed E-state index contributed by atoms with van der Waals surface area (Å²) in [7, 11) is 0. The zero-order valence-electron chi connectivity index (χ0n) is 13.1. The standard InChI is InChI=1S/C19H14ClN3OS/c20-15-8-14(9-22-10-15)16-4-5-17(19(21)24)23(16)11-13-3-1-2-12-6-7-25-18(12)13/h1-10H,11H2,(H2,21,24). The first-order valence-corrected chi connectivity index (χ1v) is 8.94. The molecule has 0 aliphatic heterocycles. The number of carbonyl (C=O) groups is 1. The van der Waals surface area contributed by atoms with Crippen molar-refractivity contribution in [3.05, 3.63) is 76.5 Å². The van der Waals surface area contributed by atoms with E-state index in [0.717, 1.165) is 16.8 Å². The number of primary amides is 1. The van der Waals surface area contributed by atoms with Crippen LogP contribution in [-0.2, 0) is 6.54 Å². The summed E-state index contributed by atoms with van der Waals surface area (Å²) >= 11 is 7.77. The summed E-state index contributed by atoms with van der Waals surface area (Å²) in [4.78, 5) is 16.0. The molecule has 4 rings (SSSR count). The summed E-state index contributed by atoms with van der Waals surface area (Å²) in [6.45, 7) is 0.547. The maximum absolute atomic E-state index is 11.9. The number of thiophene rings is 1. The average molecular weight is 368 g/mol. The SMILES string of the molecule is NC(=O)c1ccc(-c2cncc(Cl)c2)n1Cc1cccc2ccsc12. The molecule has 25 heavy (non-hydrogen) atoms. The van der Waals surface area contributed by atoms with Crippen molar-refractivity contribution in [2.45, 2.75) is 6.54 Å². The monoisotopic (exact) mass is 367 g/mol. The van der Waals surface area contributed by atoms with Gasteiger partial charge in [-0.1, -0.05) is 29.8 Å². The van der Waals surface area contributed by atoms with Crippen LogP contribution in [0.1, 0.15) is 16.1 Å². The van der Waals surface area contributed by atoms with Crippen LogP contribution >= 0.6 is 22.9 Å². The maximum Gasteiger partial charge on any atom is 0.265 e. The maximum atomic E-state index is 11.9. The number of rotatable bonds is 4. The smallest absolute Gasteiger partial charge is 0.265 e. The second-order valence-electron chi connectivity index (χ2n) is 5.70. The number of pyridine rings is 1. The van der Waals surface area contributed by atoms with Gasteiger partial charge in [-0.05, 0) is 40.6 Å². The van der Waals surface area contributed by atoms with E-state index in [0.29, 0.717) is 17.3 Å². The zero-order valence-corrected chi connectivity index (χ0v) is 14.7. The lowest BCUT2D eigenvalue weighted by atomic mass is 10.1. The van der Waals surface area contributed by atoms with Gasteiger partial charge < -0.3 is 10.3 Å². The number of benzene rings is 1. The summed E-state index contributed by atoms with van der Waals surface area (Å²) in [5, 5.41) is 3.81. The lowest BCUT2D eigenvalue weighted by molar-refractivity contribution is 0.0992. The van der Waals surface area contributed by atoms with Gasteiger partial charge in [0.25, 0.3) is 5.91 Å². The second-order valence-corrected chi connectivity index (χ2v) is 7.05. The zero-order chi connectivity index (χ0) is 17.4. The Hall–Kier alpha value is -2.63. The number of amides is 1. The van der Waals surface area contributed by atoms with E-state index in [-0.39, 0.29) is 0 Å². The third-order valence-electron chi connectivity index (χ3n) is 4.12. The van der Waals surface area contributed by atoms with Crippen molar-refractivity contribution < 1.29 is 4.79 Å². The van der Waals surface area contributed by atoms with Crippen LogP contribution in [0.3, 0.4) is 0 Å². The van der Waals surface area contributed by atoms with Crippen LogP contribution < -0.4 is 5.73 Å². The Morgan fingerprint density at radius 3 is 2.88 bits per heavy atom. The highest BCUT2D eigenvalue weighted by Gasteiger charge is 2.16. The first-order valence-electron chi connectivity index (χ1n) is 7.69. The largest absolute Gasteiger partial charge is 0.364 e. The lowest BCUT2D eigenvalue weighted by Gasteiger charge is -2.13. The fourth-order valence-electron chi connectivity index (χ4n) is 3.01. The van der Waals surface area contributed by atoms with Crippen LogP contribution in [0.2, 0.25) is 5.02 Å². The van der Waals surface area contributed by atoms with Gasteiger partial charge in [0.2, 0.25) is 0 Å². The molecule has 0 aliphatic rings. The highest BCUT2D eigenvalue weighted by atomic mass is 35.5. The van der Waals surface area contributed by atoms with Gasteiger partial charge in [-0.3, -0.25) is 9.78 Å². The Morgan fingerprint density at radius 2 is 2.08 bits per heavy atom. The molecule has 0 atom stereocenters. The van der Waals surface area contributed by atoms with E-state index in [1.54, 1.807) is 29.8 Å². The van der Waals surface area contributed by atoms with Crippen LogP contribution in [0.4, 0.5) is 0 Å². The van der Waals surface area contributed by atoms with E-state index in [1.165, 1.54) is 10.1 Å². The van der Waals surface area contributed by atoms with Crippen molar-refractivity contribution in [2.75, 3.05) is 0 Å². The molecule has 3 heterocycles. The lowest BCUT2D eigenvalue weighted by Crippen LogP contribution is -2.18. The molecule has 1 aromatic carbocycles. The number of fused-ring (bicyclic) bond motifs is 1. The van der Waals surface area contributed by atoms with Gasteiger partial charge >= 0.3 is 0 Å². The number of halogens is 1. The van der Waals surface area contributed by atoms with Crippen molar-refractivity contribution >= 4 is 38.9 Å². The molecular weight excluding hydrogens is 354 g/mol. The Bertz CT molecular complexity index is 1080. The van der Waals surface area contributed by atoms with Gasteiger partial charge in [-0.15, -0.1) is 11.3 Å². The molecule has 3 aromatic heterocycles. The fraction of sp³-hybridized carbons (Fsp3) is 0.0526. The highest BCUT2D eigenvalue weighted by molar-refractivity contribution is 7.17. The number of hydrogen-bond acceptors (Lipinski definition) is 3. The number of carbonyl (C=O) groups excluding carboxylic acids is 1. The molecule has 0 aliphatic carbocycles. The van der Waals surface area contributed by atoms with Crippen LogP contribution in [0, 0.1) is 0 Å². The minimum atomic E-state index is -0.459. The molecule has 0 saturated heterocycles. The molecule has 124 valence electrons. The van der Waals surface area contributed by atoms with Crippen LogP contribution in [-0.4, -0.2) is 15.5 Å². The fourth-order valence-corrected chi connectivity index (χ4v) is 4.09. The van der Waals surface area contributed by atoms with Crippen LogP contribution in [0.5, 0.6) is 0 Å². The number of nitrogens with two attached hydrogens (primary N) is 1. The summed E-state index contributed by atoms with van der Waals surface area (Å²) in [5.74, 6) is -0.459. The molecule has 1 amide bonds. The van der Waals surface area contributed by atoms with Gasteiger partial charge in [0.15, 0.2) is 0 Å². The Morgan fingerprint density at radius 1 is 1.20 bits per heavy atom. The van der Waals surface area contributed by atoms with E-state index in [4.69, 9.17) is 17.3 Å². The van der Waals surface area contributed by atoms with Crippen LogP contribution in [0.15, 0.2) is 60.2 Å². The Balaban J connectivity index is 1.86. The highest BCUT2D eigenvalue weighted by Crippen LogP contribution is 2.29. The molecule has 6 heteroatoms. The molecule has 2 N–H and O–H groups in total. The van der Waals surface area contributed by atoms with Crippen molar-refractivity contribution in [2.24, 2.45) is 5.73 Å². The van der Waals surface area contributed by atoms with Gasteiger partial charge in [-0.25, -0.2) is 0 Å². The average Bonchev–Trinajstić information content (AvgIpc) is 3.22. The third-order valence-corrected chi connectivity index (χ3v) is 5.34. The molecule has 0 fully saturated rings. The molecule has 0 radical (unpaired) electrons. The van der Waals surface area contributed by atoms with E-state index in [2.05, 4.69) is 28.6 Å². The Kier molecular flexibility index (Phi) is 4.03. The first kappa shape index (κ1) is 15.9. The molecule has 0 unspecified atom stereocenters. The minimum absolute atomic E-state index is 0.459. The molecule has 4 aromatic rings. The van der Waals surface area contributed by atoms with Crippen molar-refractivity contribution in [3.8, 4) is 11.3 Å². The van der Waals surface area contributed by atoms with E-state index >= 15 is 0 Å². The summed E-state index contributed by atoms with van der Waals surface area (Å²) in [6.07, 6.45) is 3.31. The Labute approximate surface area is 153 Å². The minimum Gasteiger partial charge on any atom is -0.364 e. The molecular formula is C19H14ClN3OS. The predicted octanol–water partition coefficient (Wildman–Crippen LogP) is 4.57. The summed E-state index contributed by atoms with van der Waals surface area (Å²) in [6, 6.07) is 13.7. The van der Waals surface area contributed by atoms with E-state index in [1.807, 2.05) is 22.8 Å². The van der Waals surface area contributed by atoms with Gasteiger partial charge in [-0.2, -0.15) is 0 Å². The van der Waals surface area contributed by atoms with Crippen molar-refractivity contribution in [3.63, 3.8) is 0 Å². The molecule has 0 bridgehead atoms. The molecule has 4 nitrogen and oxygen atoms in total. The normalized spacial score (nSPS) is 11.1. The number of aromatic nitrogens is 2. The van der Waals surface area contributed by atoms with E-state index < -0.39 is 5.91 Å². The number of hydrogen-bond donors (Lipinski definition) is 1. The quantitative estimate of drug-likeness (QED) is 0.574. The topological polar surface area (TPSA) is 60.9 Å². The molecule has 0 saturated carbocycles. The van der Waals surface area contributed by atoms with Crippen LogP contribution in [0.25, 0.3) is 21.3 Å². The van der Waals surface area contributed by atoms with Crippen molar-refractivity contribution in [1.82, 2.24) is 9.55 Å². The first-order chi connectivity index (χ1) is 12.1. The predicted molar refractivity (Wildman–Crippen MR) is 102 cm³/mol. The van der Waals surface area contributed by atoms with Crippen molar-refractivity contribution in [1.29, 1.82) is 0 Å². The third kappa shape index (κ3) is 2.92. The summed E-state index contributed by atoms with van der Waals surface area (Å²) < 4.78 is 3.13. The van der Waals surface area contributed by atoms with Gasteiger partial charge in [0.05, 0.1) is 10.7 Å². The second kappa shape index (κ2) is 6.35. The van der Waals surface area contributed by atoms with Gasteiger partial charge in [0.1, 0.15) is 5.69 Å². The summed E-state index contributed by atoms with van der Waals surface area (Å²) in [5.41, 5.74) is 8.89. The van der Waals surface area contributed by atoms with Gasteiger partial charge in [0, 0.05) is 29.2 Å². The number of nitrogens with zero attached hydrogens (tertiary/aromatic N) is 2. The molecule has 0 spiro atoms.